The molecule has 7 heteroatoms. The van der Waals surface area contributed by atoms with Crippen LogP contribution in [0.5, 0.6) is 0 Å². The Morgan fingerprint density at radius 1 is 0.684 bits per heavy atom. The Balaban J connectivity index is 0.000000352. The molecular formula is C12H7I5NaS. The summed E-state index contributed by atoms with van der Waals surface area (Å²) in [7, 11) is 0. The van der Waals surface area contributed by atoms with Gasteiger partial charge in [0.1, 0.15) is 0 Å². The monoisotopic (exact) mass is 841 g/mol. The number of rotatable bonds is 0. The van der Waals surface area contributed by atoms with E-state index in [1.807, 2.05) is 30.3 Å². The first-order valence-corrected chi connectivity index (χ1v) is 10.5. The van der Waals surface area contributed by atoms with Crippen molar-refractivity contribution in [3.8, 4) is 0 Å². The molecule has 19 heavy (non-hydrogen) atoms. The van der Waals surface area contributed by atoms with Crippen LogP contribution in [0.15, 0.2) is 41.3 Å². The third-order valence-corrected chi connectivity index (χ3v) is 11.3. The van der Waals surface area contributed by atoms with E-state index in [-0.39, 0.29) is 29.6 Å². The minimum atomic E-state index is 0. The van der Waals surface area contributed by atoms with Crippen LogP contribution >= 0.6 is 126 Å². The fourth-order valence-corrected chi connectivity index (χ4v) is 5.88. The maximum atomic E-state index is 4.08. The molecule has 0 unspecified atom stereocenters. The minimum absolute atomic E-state index is 0. The van der Waals surface area contributed by atoms with Gasteiger partial charge in [-0.3, -0.25) is 0 Å². The van der Waals surface area contributed by atoms with E-state index in [1.165, 1.54) is 17.9 Å². The Kier molecular flexibility index (Phi) is 14.1. The molecule has 2 aromatic rings. The van der Waals surface area contributed by atoms with Crippen LogP contribution in [0.1, 0.15) is 0 Å². The molecule has 0 saturated carbocycles. The van der Waals surface area contributed by atoms with Gasteiger partial charge in [-0.25, -0.2) is 0 Å². The van der Waals surface area contributed by atoms with Crippen LogP contribution < -0.4 is 0 Å². The summed E-state index contributed by atoms with van der Waals surface area (Å²) < 4.78 is 6.80. The maximum absolute atomic E-state index is 4.08. The molecule has 0 amide bonds. The standard InChI is InChI=1S/C6HI5.C6H6S.Na/c7-2-1-3(8)5(10)6(11)4(2)9;7-6-4-2-1-3-5-6;/h1H;1-5,7H;. The van der Waals surface area contributed by atoms with E-state index < -0.39 is 0 Å². The summed E-state index contributed by atoms with van der Waals surface area (Å²) in [6.07, 6.45) is 0. The third kappa shape index (κ3) is 8.20. The fourth-order valence-electron chi connectivity index (χ4n) is 0.972. The van der Waals surface area contributed by atoms with E-state index in [2.05, 4.69) is 132 Å². The van der Waals surface area contributed by atoms with Crippen molar-refractivity contribution in [3.05, 3.63) is 54.2 Å². The summed E-state index contributed by atoms with van der Waals surface area (Å²) in [5.74, 6) is 0. The first-order valence-electron chi connectivity index (χ1n) is 4.66. The average molecular weight is 841 g/mol. The van der Waals surface area contributed by atoms with Crippen LogP contribution in [0.3, 0.4) is 0 Å². The molecule has 2 rings (SSSR count). The Morgan fingerprint density at radius 2 is 1.11 bits per heavy atom. The summed E-state index contributed by atoms with van der Waals surface area (Å²) in [4.78, 5) is 1.02. The predicted octanol–water partition coefficient (Wildman–Crippen LogP) is 6.30. The molecule has 0 bridgehead atoms. The molecule has 0 aliphatic rings. The van der Waals surface area contributed by atoms with Crippen molar-refractivity contribution >= 4 is 155 Å². The van der Waals surface area contributed by atoms with E-state index in [9.17, 15) is 0 Å². The van der Waals surface area contributed by atoms with E-state index >= 15 is 0 Å². The van der Waals surface area contributed by atoms with Gasteiger partial charge in [-0.1, -0.05) is 18.2 Å². The van der Waals surface area contributed by atoms with Gasteiger partial charge in [-0.15, -0.1) is 12.6 Å². The van der Waals surface area contributed by atoms with Crippen molar-refractivity contribution in [1.29, 1.82) is 0 Å². The van der Waals surface area contributed by atoms with Crippen molar-refractivity contribution in [2.45, 2.75) is 4.90 Å². The second-order valence-corrected chi connectivity index (χ2v) is 9.19. The molecule has 0 saturated heterocycles. The molecule has 0 atom stereocenters. The van der Waals surface area contributed by atoms with Crippen LogP contribution in [0, 0.1) is 17.9 Å². The number of halogens is 5. The predicted molar refractivity (Wildman–Crippen MR) is 129 cm³/mol. The van der Waals surface area contributed by atoms with Crippen molar-refractivity contribution in [3.63, 3.8) is 0 Å². The summed E-state index contributed by atoms with van der Waals surface area (Å²) in [6.45, 7) is 0. The van der Waals surface area contributed by atoms with E-state index in [1.54, 1.807) is 0 Å². The quantitative estimate of drug-likeness (QED) is 0.104. The first kappa shape index (κ1) is 22.4. The molecule has 0 aliphatic carbocycles. The smallest absolute Gasteiger partial charge is 0.0418 e. The molecule has 0 aliphatic heterocycles. The second kappa shape index (κ2) is 11.9. The van der Waals surface area contributed by atoms with Crippen molar-refractivity contribution < 1.29 is 0 Å². The SMILES string of the molecule is Ic1cc(I)c(I)c(I)c1I.Sc1ccccc1.[Na]. The van der Waals surface area contributed by atoms with Crippen LogP contribution in [0.25, 0.3) is 0 Å². The van der Waals surface area contributed by atoms with Gasteiger partial charge in [0.15, 0.2) is 0 Å². The van der Waals surface area contributed by atoms with Gasteiger partial charge in [-0.05, 0) is 131 Å². The summed E-state index contributed by atoms with van der Waals surface area (Å²) >= 11 is 16.0. The van der Waals surface area contributed by atoms with Crippen molar-refractivity contribution in [2.24, 2.45) is 0 Å². The molecule has 0 spiro atoms. The van der Waals surface area contributed by atoms with Crippen LogP contribution in [0.4, 0.5) is 0 Å². The molecule has 0 heterocycles. The summed E-state index contributed by atoms with van der Waals surface area (Å²) in [5, 5.41) is 0. The van der Waals surface area contributed by atoms with Gasteiger partial charge in [0.25, 0.3) is 0 Å². The van der Waals surface area contributed by atoms with Gasteiger partial charge in [0, 0.05) is 52.3 Å². The van der Waals surface area contributed by atoms with Crippen molar-refractivity contribution in [2.75, 3.05) is 0 Å². The number of thiol groups is 1. The van der Waals surface area contributed by atoms with E-state index in [4.69, 9.17) is 0 Å². The first-order chi connectivity index (χ1) is 8.43. The molecule has 0 aromatic heterocycles. The normalized spacial score (nSPS) is 9.16. The third-order valence-electron chi connectivity index (χ3n) is 1.81. The molecule has 1 radical (unpaired) electrons. The summed E-state index contributed by atoms with van der Waals surface area (Å²) in [6, 6.07) is 12.0. The number of hydrogen-bond donors (Lipinski definition) is 1. The van der Waals surface area contributed by atoms with Crippen LogP contribution in [-0.4, -0.2) is 29.6 Å². The molecule has 2 aromatic carbocycles. The van der Waals surface area contributed by atoms with E-state index in [0.717, 1.165) is 4.90 Å². The molecule has 0 N–H and O–H groups in total. The zero-order valence-corrected chi connectivity index (χ0v) is 23.5. The van der Waals surface area contributed by atoms with Crippen LogP contribution in [0.2, 0.25) is 0 Å². The summed E-state index contributed by atoms with van der Waals surface area (Å²) in [5.41, 5.74) is 0. The van der Waals surface area contributed by atoms with Gasteiger partial charge in [-0.2, -0.15) is 0 Å². The Bertz CT molecular complexity index is 507. The zero-order chi connectivity index (χ0) is 13.7. The van der Waals surface area contributed by atoms with Crippen LogP contribution in [-0.2, 0) is 0 Å². The number of benzene rings is 2. The maximum Gasteiger partial charge on any atom is 0.0418 e. The minimum Gasteiger partial charge on any atom is -0.143 e. The van der Waals surface area contributed by atoms with Gasteiger partial charge >= 0.3 is 0 Å². The Morgan fingerprint density at radius 3 is 1.42 bits per heavy atom. The topological polar surface area (TPSA) is 0 Å². The molecule has 97 valence electrons. The average Bonchev–Trinajstić information content (AvgIpc) is 2.36. The van der Waals surface area contributed by atoms with E-state index in [0.29, 0.717) is 0 Å². The second-order valence-electron chi connectivity index (χ2n) is 3.12. The largest absolute Gasteiger partial charge is 0.143 e. The Labute approximate surface area is 209 Å². The number of hydrogen-bond acceptors (Lipinski definition) is 1. The van der Waals surface area contributed by atoms with Gasteiger partial charge in [0.2, 0.25) is 0 Å². The zero-order valence-electron chi connectivity index (χ0n) is 9.80. The molecule has 0 nitrogen and oxygen atoms in total. The molecule has 0 fully saturated rings. The van der Waals surface area contributed by atoms with Gasteiger partial charge < -0.3 is 0 Å². The van der Waals surface area contributed by atoms with Crippen molar-refractivity contribution in [1.82, 2.24) is 0 Å². The van der Waals surface area contributed by atoms with Gasteiger partial charge in [0.05, 0.1) is 0 Å². The molecular weight excluding hydrogens is 834 g/mol. The fraction of sp³-hybridized carbons (Fsp3) is 0. The Hall–Kier alpha value is 3.44.